The fourth-order valence-corrected chi connectivity index (χ4v) is 3.53. The quantitative estimate of drug-likeness (QED) is 0.474. The summed E-state index contributed by atoms with van der Waals surface area (Å²) in [5, 5.41) is 8.15. The molecule has 2 N–H and O–H groups in total. The Bertz CT molecular complexity index is 890. The lowest BCUT2D eigenvalue weighted by Crippen LogP contribution is -2.45. The van der Waals surface area contributed by atoms with Crippen molar-refractivity contribution in [3.63, 3.8) is 0 Å². The Kier molecular flexibility index (Phi) is 5.34. The van der Waals surface area contributed by atoms with E-state index in [1.807, 2.05) is 0 Å². The Morgan fingerprint density at radius 3 is 2.62 bits per heavy atom. The van der Waals surface area contributed by atoms with E-state index in [-0.39, 0.29) is 0 Å². The minimum Gasteiger partial charge on any atom is -0.466 e. The first-order chi connectivity index (χ1) is 12.5. The van der Waals surface area contributed by atoms with Crippen molar-refractivity contribution in [1.29, 1.82) is 0 Å². The number of allylic oxidation sites excluding steroid dienone is 1. The van der Waals surface area contributed by atoms with E-state index in [1.54, 1.807) is 48.7 Å². The molecule has 0 radical (unpaired) electrons. The molecule has 0 saturated heterocycles. The number of para-hydroxylation sites is 1. The molecule has 1 atom stereocenters. The summed E-state index contributed by atoms with van der Waals surface area (Å²) in [5.41, 5.74) is 1.58. The molecule has 1 aliphatic rings. The average Bonchev–Trinajstić information content (AvgIpc) is 3.16. The summed E-state index contributed by atoms with van der Waals surface area (Å²) in [6, 6.07) is 9.89. The van der Waals surface area contributed by atoms with Crippen LogP contribution in [0.1, 0.15) is 28.2 Å². The van der Waals surface area contributed by atoms with Crippen LogP contribution >= 0.6 is 23.6 Å². The molecule has 134 valence electrons. The van der Waals surface area contributed by atoms with Crippen molar-refractivity contribution in [3.8, 4) is 5.75 Å². The van der Waals surface area contributed by atoms with Crippen LogP contribution in [0.25, 0.3) is 0 Å². The molecule has 0 fully saturated rings. The number of thiocarbonyl (C=S) groups is 1. The highest BCUT2D eigenvalue weighted by molar-refractivity contribution is 7.80. The topological polar surface area (TPSA) is 76.7 Å². The van der Waals surface area contributed by atoms with Gasteiger partial charge in [-0.3, -0.25) is 0 Å². The van der Waals surface area contributed by atoms with Crippen molar-refractivity contribution >= 4 is 40.6 Å². The molecule has 0 bridgehead atoms. The highest BCUT2D eigenvalue weighted by Gasteiger charge is 2.32. The summed E-state index contributed by atoms with van der Waals surface area (Å²) < 4.78 is 10.5. The Morgan fingerprint density at radius 2 is 1.92 bits per heavy atom. The van der Waals surface area contributed by atoms with Crippen LogP contribution in [0.4, 0.5) is 0 Å². The maximum atomic E-state index is 12.3. The van der Waals surface area contributed by atoms with Crippen molar-refractivity contribution in [2.24, 2.45) is 0 Å². The van der Waals surface area contributed by atoms with Crippen LogP contribution in [0.3, 0.4) is 0 Å². The zero-order valence-corrected chi connectivity index (χ0v) is 15.7. The molecule has 3 rings (SSSR count). The van der Waals surface area contributed by atoms with E-state index in [9.17, 15) is 9.59 Å². The Labute approximate surface area is 159 Å². The maximum absolute atomic E-state index is 12.3. The molecule has 1 unspecified atom stereocenters. The van der Waals surface area contributed by atoms with Crippen molar-refractivity contribution < 1.29 is 19.1 Å². The van der Waals surface area contributed by atoms with Crippen molar-refractivity contribution in [3.05, 3.63) is 63.5 Å². The number of carbonyl (C=O) groups excluding carboxylic acids is 2. The Balaban J connectivity index is 2.00. The van der Waals surface area contributed by atoms with Crippen LogP contribution in [0.2, 0.25) is 0 Å². The third-order valence-electron chi connectivity index (χ3n) is 3.83. The van der Waals surface area contributed by atoms with Crippen molar-refractivity contribution in [2.45, 2.75) is 13.0 Å². The molecule has 26 heavy (non-hydrogen) atoms. The first-order valence-corrected chi connectivity index (χ1v) is 9.01. The summed E-state index contributed by atoms with van der Waals surface area (Å²) in [4.78, 5) is 25.1. The van der Waals surface area contributed by atoms with Crippen LogP contribution in [-0.2, 0) is 9.53 Å². The van der Waals surface area contributed by atoms with Gasteiger partial charge < -0.3 is 20.1 Å². The standard InChI is InChI=1S/C18H16N2O4S2/c1-10-14(17(22)23-2)15(20-18(25)19-10)11-6-3-4-7-12(11)24-16(21)13-8-5-9-26-13/h3-9,15H,1-2H3,(H2,19,20,25). The number of esters is 2. The van der Waals surface area contributed by atoms with E-state index >= 15 is 0 Å². The van der Waals surface area contributed by atoms with E-state index in [4.69, 9.17) is 21.7 Å². The SMILES string of the molecule is COC(=O)C1=C(C)NC(=S)NC1c1ccccc1OC(=O)c1cccs1. The summed E-state index contributed by atoms with van der Waals surface area (Å²) in [5.74, 6) is -0.596. The molecule has 6 nitrogen and oxygen atoms in total. The predicted molar refractivity (Wildman–Crippen MR) is 102 cm³/mol. The Hall–Kier alpha value is -2.71. The van der Waals surface area contributed by atoms with Gasteiger partial charge in [-0.05, 0) is 36.7 Å². The predicted octanol–water partition coefficient (Wildman–Crippen LogP) is 2.93. The van der Waals surface area contributed by atoms with Crippen LogP contribution in [-0.4, -0.2) is 24.2 Å². The summed E-state index contributed by atoms with van der Waals surface area (Å²) >= 11 is 6.51. The molecule has 0 amide bonds. The van der Waals surface area contributed by atoms with Gasteiger partial charge in [-0.2, -0.15) is 0 Å². The lowest BCUT2D eigenvalue weighted by atomic mass is 9.95. The zero-order chi connectivity index (χ0) is 18.7. The lowest BCUT2D eigenvalue weighted by Gasteiger charge is -2.30. The Morgan fingerprint density at radius 1 is 1.15 bits per heavy atom. The van der Waals surface area contributed by atoms with E-state index in [1.165, 1.54) is 18.4 Å². The van der Waals surface area contributed by atoms with Gasteiger partial charge in [-0.1, -0.05) is 24.3 Å². The van der Waals surface area contributed by atoms with Gasteiger partial charge in [0.05, 0.1) is 18.7 Å². The third kappa shape index (κ3) is 3.61. The second-order valence-electron chi connectivity index (χ2n) is 5.47. The van der Waals surface area contributed by atoms with Gasteiger partial charge in [0.2, 0.25) is 0 Å². The number of carbonyl (C=O) groups is 2. The van der Waals surface area contributed by atoms with Crippen LogP contribution < -0.4 is 15.4 Å². The van der Waals surface area contributed by atoms with Gasteiger partial charge in [-0.15, -0.1) is 11.3 Å². The van der Waals surface area contributed by atoms with E-state index < -0.39 is 18.0 Å². The average molecular weight is 388 g/mol. The van der Waals surface area contributed by atoms with Gasteiger partial charge >= 0.3 is 11.9 Å². The molecule has 1 aliphatic heterocycles. The monoisotopic (exact) mass is 388 g/mol. The normalized spacial score (nSPS) is 16.5. The van der Waals surface area contributed by atoms with Crippen LogP contribution in [0.5, 0.6) is 5.75 Å². The van der Waals surface area contributed by atoms with Crippen molar-refractivity contribution in [2.75, 3.05) is 7.11 Å². The first-order valence-electron chi connectivity index (χ1n) is 7.72. The number of ether oxygens (including phenoxy) is 2. The van der Waals surface area contributed by atoms with Gasteiger partial charge in [0, 0.05) is 11.3 Å². The van der Waals surface area contributed by atoms with Crippen LogP contribution in [0, 0.1) is 0 Å². The summed E-state index contributed by atoms with van der Waals surface area (Å²) in [7, 11) is 1.31. The fraction of sp³-hybridized carbons (Fsp3) is 0.167. The minimum atomic E-state index is -0.594. The van der Waals surface area contributed by atoms with E-state index in [0.29, 0.717) is 32.6 Å². The molecule has 8 heteroatoms. The number of benzene rings is 1. The van der Waals surface area contributed by atoms with Gasteiger partial charge in [0.15, 0.2) is 5.11 Å². The smallest absolute Gasteiger partial charge is 0.353 e. The number of hydrogen-bond acceptors (Lipinski definition) is 6. The lowest BCUT2D eigenvalue weighted by molar-refractivity contribution is -0.136. The second kappa shape index (κ2) is 7.67. The molecule has 0 saturated carbocycles. The van der Waals surface area contributed by atoms with E-state index in [0.717, 1.165) is 0 Å². The summed E-state index contributed by atoms with van der Waals surface area (Å²) in [6.45, 7) is 1.74. The number of thiophene rings is 1. The minimum absolute atomic E-state index is 0.349. The van der Waals surface area contributed by atoms with Gasteiger partial charge in [0.25, 0.3) is 0 Å². The molecular weight excluding hydrogens is 372 g/mol. The first kappa shape index (κ1) is 18.1. The number of nitrogens with one attached hydrogen (secondary N) is 2. The number of methoxy groups -OCH3 is 1. The molecule has 1 aromatic heterocycles. The van der Waals surface area contributed by atoms with Gasteiger partial charge in [-0.25, -0.2) is 9.59 Å². The third-order valence-corrected chi connectivity index (χ3v) is 4.90. The largest absolute Gasteiger partial charge is 0.466 e. The number of rotatable bonds is 4. The van der Waals surface area contributed by atoms with Crippen molar-refractivity contribution in [1.82, 2.24) is 10.6 Å². The fourth-order valence-electron chi connectivity index (χ4n) is 2.66. The molecule has 1 aromatic carbocycles. The van der Waals surface area contributed by atoms with Gasteiger partial charge in [0.1, 0.15) is 10.6 Å². The zero-order valence-electron chi connectivity index (χ0n) is 14.1. The van der Waals surface area contributed by atoms with Crippen LogP contribution in [0.15, 0.2) is 53.0 Å². The maximum Gasteiger partial charge on any atom is 0.353 e. The highest BCUT2D eigenvalue weighted by atomic mass is 32.1. The second-order valence-corrected chi connectivity index (χ2v) is 6.82. The molecule has 2 aromatic rings. The molecule has 0 aliphatic carbocycles. The highest BCUT2D eigenvalue weighted by Crippen LogP contribution is 2.34. The summed E-state index contributed by atoms with van der Waals surface area (Å²) in [6.07, 6.45) is 0. The molecule has 0 spiro atoms. The number of hydrogen-bond donors (Lipinski definition) is 2. The molecule has 2 heterocycles. The molecular formula is C18H16N2O4S2. The van der Waals surface area contributed by atoms with E-state index in [2.05, 4.69) is 10.6 Å².